The summed E-state index contributed by atoms with van der Waals surface area (Å²) in [5.41, 5.74) is 27.8. The molecule has 5 amide bonds. The van der Waals surface area contributed by atoms with E-state index in [0.29, 0.717) is 78.9 Å². The quantitative estimate of drug-likeness (QED) is 0.0411. The van der Waals surface area contributed by atoms with E-state index in [4.69, 9.17) is 34.5 Å². The molecule has 19 rings (SSSR count). The highest BCUT2D eigenvalue weighted by Gasteiger charge is 2.48. The van der Waals surface area contributed by atoms with Crippen LogP contribution in [0.25, 0.3) is 44.5 Å². The number of nitrogens with zero attached hydrogens (tertiary/aromatic N) is 8. The van der Waals surface area contributed by atoms with Gasteiger partial charge in [0.1, 0.15) is 12.1 Å². The number of aliphatic carboxylic acids is 1. The summed E-state index contributed by atoms with van der Waals surface area (Å²) in [5, 5.41) is 23.9. The number of methoxy groups -OCH3 is 3. The molecule has 6 fully saturated rings. The van der Waals surface area contributed by atoms with Crippen molar-refractivity contribution in [3.8, 4) is 22.3 Å². The van der Waals surface area contributed by atoms with E-state index in [0.717, 1.165) is 87.0 Å². The van der Waals surface area contributed by atoms with E-state index in [1.165, 1.54) is 138 Å². The molecule has 12 aliphatic rings. The summed E-state index contributed by atoms with van der Waals surface area (Å²) in [6, 6.07) is 54.1. The van der Waals surface area contributed by atoms with Crippen molar-refractivity contribution >= 4 is 81.2 Å². The van der Waals surface area contributed by atoms with E-state index in [-0.39, 0.29) is 23.9 Å². The Hall–Kier alpha value is -11.8. The zero-order chi connectivity index (χ0) is 82.0. The van der Waals surface area contributed by atoms with Crippen LogP contribution in [0.4, 0.5) is 14.4 Å². The fourth-order valence-electron chi connectivity index (χ4n) is 20.4. The van der Waals surface area contributed by atoms with Gasteiger partial charge in [-0.25, -0.2) is 19.2 Å². The summed E-state index contributed by atoms with van der Waals surface area (Å²) in [5.74, 6) is -1.46. The molecule has 7 aromatic rings. The van der Waals surface area contributed by atoms with Crippen molar-refractivity contribution in [2.75, 3.05) is 61.6 Å². The van der Waals surface area contributed by atoms with Gasteiger partial charge in [0.05, 0.1) is 33.4 Å². The molecular formula is C96H103N13O10. The smallest absolute Gasteiger partial charge is 0.407 e. The second-order valence-electron chi connectivity index (χ2n) is 32.9. The molecule has 4 bridgehead atoms. The Morgan fingerprint density at radius 3 is 1.06 bits per heavy atom. The number of carboxylic acids is 1. The Bertz CT molecular complexity index is 5320. The number of carboxylic acid groups (broad SMARTS) is 1. The maximum atomic E-state index is 14.2. The lowest BCUT2D eigenvalue weighted by atomic mass is 9.80. The number of nitrogens with one attached hydrogen (secondary N) is 5. The highest BCUT2D eigenvalue weighted by atomic mass is 16.5. The number of allylic oxidation sites excluding steroid dienone is 4. The fraction of sp³-hybridized carbons (Fsp3) is 0.375. The Morgan fingerprint density at radius 1 is 0.370 bits per heavy atom. The Kier molecular flexibility index (Phi) is 23.5. The highest BCUT2D eigenvalue weighted by Crippen LogP contribution is 2.59. The number of hydrogen-bond acceptors (Lipinski definition) is 17. The summed E-state index contributed by atoms with van der Waals surface area (Å²) in [6.07, 6.45) is 22.5. The van der Waals surface area contributed by atoms with Gasteiger partial charge in [0.2, 0.25) is 11.8 Å². The van der Waals surface area contributed by atoms with Crippen LogP contribution in [0.15, 0.2) is 209 Å². The minimum atomic E-state index is -1.13. The zero-order valence-electron chi connectivity index (χ0n) is 68.1. The van der Waals surface area contributed by atoms with Crippen LogP contribution in [0.3, 0.4) is 0 Å². The molecule has 0 aromatic heterocycles. The first-order chi connectivity index (χ1) is 58.1. The van der Waals surface area contributed by atoms with Gasteiger partial charge in [0.25, 0.3) is 0 Å². The molecule has 6 saturated heterocycles. The predicted molar refractivity (Wildman–Crippen MR) is 462 cm³/mol. The van der Waals surface area contributed by atoms with Crippen molar-refractivity contribution in [2.24, 2.45) is 20.0 Å². The van der Waals surface area contributed by atoms with E-state index in [1.54, 1.807) is 41.5 Å². The van der Waals surface area contributed by atoms with Crippen molar-refractivity contribution in [1.82, 2.24) is 46.2 Å². The van der Waals surface area contributed by atoms with E-state index >= 15 is 0 Å². The molecule has 119 heavy (non-hydrogen) atoms. The normalized spacial score (nSPS) is 23.7. The average molecular weight is 1600 g/mol. The van der Waals surface area contributed by atoms with Gasteiger partial charge in [0, 0.05) is 123 Å². The molecule has 5 unspecified atom stereocenters. The Balaban J connectivity index is 0.000000159. The second kappa shape index (κ2) is 35.0. The monoisotopic (exact) mass is 1600 g/mol. The van der Waals surface area contributed by atoms with Gasteiger partial charge in [-0.1, -0.05) is 164 Å². The van der Waals surface area contributed by atoms with E-state index in [1.807, 2.05) is 82.9 Å². The summed E-state index contributed by atoms with van der Waals surface area (Å²) in [6.45, 7) is 3.44. The molecule has 0 spiro atoms. The number of carbonyl (C=O) groups is 6. The number of alkyl carbamates (subject to hydrolysis) is 3. The minimum absolute atomic E-state index is 0.150. The maximum Gasteiger partial charge on any atom is 0.407 e. The molecule has 0 aliphatic carbocycles. The number of amides is 5. The van der Waals surface area contributed by atoms with Crippen LogP contribution in [-0.2, 0) is 28.6 Å². The van der Waals surface area contributed by atoms with Crippen molar-refractivity contribution in [2.45, 2.75) is 169 Å². The number of rotatable bonds is 19. The molecule has 12 aliphatic heterocycles. The number of fused-ring (bicyclic) bond motifs is 10. The summed E-state index contributed by atoms with van der Waals surface area (Å²) >= 11 is 0. The third-order valence-corrected chi connectivity index (χ3v) is 26.4. The number of aliphatic imine (C=N–C) groups is 4. The number of carbonyl (C=O) groups excluding carboxylic acids is 5. The highest BCUT2D eigenvalue weighted by molar-refractivity contribution is 6.07. The van der Waals surface area contributed by atoms with Crippen LogP contribution in [0.1, 0.15) is 206 Å². The third kappa shape index (κ3) is 16.0. The van der Waals surface area contributed by atoms with Gasteiger partial charge < -0.3 is 55.7 Å². The topological polar surface area (TPSA) is 273 Å². The first-order valence-corrected chi connectivity index (χ1v) is 42.1. The van der Waals surface area contributed by atoms with Crippen molar-refractivity contribution in [1.29, 1.82) is 0 Å². The molecule has 612 valence electrons. The van der Waals surface area contributed by atoms with Crippen molar-refractivity contribution < 1.29 is 48.1 Å². The molecule has 0 saturated carbocycles. The third-order valence-electron chi connectivity index (χ3n) is 26.4. The predicted octanol–water partition coefficient (Wildman–Crippen LogP) is 15.9. The van der Waals surface area contributed by atoms with Gasteiger partial charge in [-0.05, 0) is 210 Å². The lowest BCUT2D eigenvalue weighted by molar-refractivity contribution is -0.139. The van der Waals surface area contributed by atoms with E-state index < -0.39 is 42.4 Å². The van der Waals surface area contributed by atoms with Gasteiger partial charge >= 0.3 is 24.2 Å². The summed E-state index contributed by atoms with van der Waals surface area (Å²) in [4.78, 5) is 103. The first kappa shape index (κ1) is 79.7. The summed E-state index contributed by atoms with van der Waals surface area (Å²) in [7, 11) is 8.36. The second-order valence-corrected chi connectivity index (χ2v) is 32.9. The van der Waals surface area contributed by atoms with Crippen LogP contribution >= 0.6 is 0 Å². The zero-order valence-corrected chi connectivity index (χ0v) is 68.1. The van der Waals surface area contributed by atoms with E-state index in [2.05, 4.69) is 140 Å². The number of hydrogen-bond donors (Lipinski definition) is 6. The Labute approximate surface area is 694 Å². The molecule has 12 heterocycles. The molecule has 23 nitrogen and oxygen atoms in total. The maximum absolute atomic E-state index is 14.2. The van der Waals surface area contributed by atoms with Crippen LogP contribution in [-0.4, -0.2) is 169 Å². The molecule has 7 aromatic carbocycles. The standard InChI is InChI=1S/C53H55N7O6.C33H37N5.C10H11NO4/c1-58-44-24-25-45(58)47-39(37-29-41(55-31-37)43-17-11-27-60(43)51(62)49(57-53(64)66-3)35-14-8-5-9-15-35)23-22-38(46(44)47)33-20-18-32(19-21-33)36-28-40(54-30-36)42-16-10-26-59(42)50(61)48(56-52(63)65-2)34-12-6-4-7-13-34;1-38-30-12-13-31(38)33-25(23-17-29(37-19-23)27-5-3-15-35-27)11-10-24(32(30)33)21-8-6-20(7-9-21)22-16-28(36-18-22)26-4-2-14-34-26;1-15-10(14)11-8(9(12)13)7-5-3-2-4-6-7/h4-9,12-15,18-23,30-31,42-45,48-49H,10-11,16-17,24-29H2,1-3H3,(H,56,63)(H,57,64);6-11,18-19,26-27,30-31,34-35H,2-5,12-17H2,1H3;2-6,8H,1H3,(H,11,14)(H,12,13)/t42-,43-,44?,45?,48-,49-;26-,27-,30?,31?;/m00./s1. The summed E-state index contributed by atoms with van der Waals surface area (Å²) < 4.78 is 14.1. The molecule has 6 N–H and O–H groups in total. The van der Waals surface area contributed by atoms with Gasteiger partial charge in [-0.15, -0.1) is 0 Å². The fourth-order valence-corrected chi connectivity index (χ4v) is 20.4. The number of ether oxygens (including phenoxy) is 3. The Morgan fingerprint density at radius 2 is 0.689 bits per heavy atom. The van der Waals surface area contributed by atoms with Crippen LogP contribution in [0.5, 0.6) is 0 Å². The lowest BCUT2D eigenvalue weighted by Crippen LogP contribution is -2.47. The van der Waals surface area contributed by atoms with E-state index in [9.17, 15) is 28.8 Å². The SMILES string of the molecule is CN1C2CCC1c1c(-c3ccc(C4=CN=C([C@@H]5CCCN5)C4)cc3)ccc(C3=CN=C([C@@H]4CCCN4)C3)c12.COC(=O)NC(C(=O)O)c1ccccc1.COC(=O)N[C@H](C(=O)N1CCC[C@H]1C1=NC=C(c2ccc(-c3ccc(C4=CN=C([C@@H]5CCCN5C(=O)[C@@H](NC(=O)OC)c5ccccc5)C4)c4c3C3CCC4N3C)cc2)C1)c1ccccc1. The molecular weight excluding hydrogens is 1500 g/mol. The largest absolute Gasteiger partial charge is 0.479 e. The molecule has 11 atom stereocenters. The van der Waals surface area contributed by atoms with Gasteiger partial charge in [-0.2, -0.15) is 0 Å². The first-order valence-electron chi connectivity index (χ1n) is 42.1. The minimum Gasteiger partial charge on any atom is -0.479 e. The molecule has 0 radical (unpaired) electrons. The number of likely N-dealkylation sites (tertiary alicyclic amines) is 2. The van der Waals surface area contributed by atoms with Gasteiger partial charge in [0.15, 0.2) is 6.04 Å². The van der Waals surface area contributed by atoms with Crippen LogP contribution < -0.4 is 26.6 Å². The number of benzene rings is 7. The van der Waals surface area contributed by atoms with Gasteiger partial charge in [-0.3, -0.25) is 39.4 Å². The van der Waals surface area contributed by atoms with Crippen LogP contribution in [0, 0.1) is 0 Å². The van der Waals surface area contributed by atoms with Crippen molar-refractivity contribution in [3.63, 3.8) is 0 Å². The average Bonchev–Trinajstić information content (AvgIpc) is 1.56. The lowest BCUT2D eigenvalue weighted by Gasteiger charge is -2.29. The van der Waals surface area contributed by atoms with Crippen LogP contribution in [0.2, 0.25) is 0 Å². The molecule has 23 heteroatoms. The van der Waals surface area contributed by atoms with Crippen molar-refractivity contribution in [3.05, 3.63) is 250 Å².